The van der Waals surface area contributed by atoms with Gasteiger partial charge in [-0.3, -0.25) is 4.79 Å². The second kappa shape index (κ2) is 8.78. The third kappa shape index (κ3) is 4.40. The second-order valence-corrected chi connectivity index (χ2v) is 7.16. The van der Waals surface area contributed by atoms with Crippen LogP contribution >= 0.6 is 0 Å². The van der Waals surface area contributed by atoms with Crippen molar-refractivity contribution in [1.29, 1.82) is 0 Å². The highest BCUT2D eigenvalue weighted by Gasteiger charge is 2.21. The van der Waals surface area contributed by atoms with Crippen molar-refractivity contribution < 1.29 is 9.53 Å². The zero-order chi connectivity index (χ0) is 20.1. The van der Waals surface area contributed by atoms with Crippen LogP contribution in [0.5, 0.6) is 5.75 Å². The number of aromatic nitrogens is 1. The predicted octanol–water partition coefficient (Wildman–Crippen LogP) is 3.94. The maximum atomic E-state index is 13.0. The van der Waals surface area contributed by atoms with Crippen LogP contribution in [0, 0.1) is 0 Å². The molecule has 29 heavy (non-hydrogen) atoms. The molecule has 0 saturated heterocycles. The molecule has 5 heteroatoms. The molecule has 148 valence electrons. The molecule has 1 aliphatic heterocycles. The minimum Gasteiger partial charge on any atom is -0.496 e. The molecule has 0 fully saturated rings. The molecule has 0 radical (unpaired) electrons. The topological polar surface area (TPSA) is 54.5 Å². The monoisotopic (exact) mass is 387 g/mol. The predicted molar refractivity (Wildman–Crippen MR) is 114 cm³/mol. The molecule has 4 rings (SSSR count). The van der Waals surface area contributed by atoms with E-state index in [9.17, 15) is 4.79 Å². The second-order valence-electron chi connectivity index (χ2n) is 7.16. The molecular weight excluding hydrogens is 362 g/mol. The average molecular weight is 387 g/mol. The lowest BCUT2D eigenvalue weighted by molar-refractivity contribution is 0.0734. The Morgan fingerprint density at radius 3 is 2.76 bits per heavy atom. The van der Waals surface area contributed by atoms with Gasteiger partial charge in [0.1, 0.15) is 11.6 Å². The molecule has 1 amide bonds. The van der Waals surface area contributed by atoms with Crippen LogP contribution in [0.4, 0.5) is 5.82 Å². The number of methoxy groups -OCH3 is 1. The van der Waals surface area contributed by atoms with Gasteiger partial charge < -0.3 is 15.0 Å². The molecule has 0 aliphatic carbocycles. The SMILES string of the molecule is COc1ccccc1CCNc1cc(C(=O)N2CCc3ccccc3C2)ccn1. The Labute approximate surface area is 171 Å². The molecule has 0 saturated carbocycles. The largest absolute Gasteiger partial charge is 0.496 e. The summed E-state index contributed by atoms with van der Waals surface area (Å²) in [6.45, 7) is 2.12. The fourth-order valence-electron chi connectivity index (χ4n) is 3.75. The van der Waals surface area contributed by atoms with Crippen molar-refractivity contribution in [3.05, 3.63) is 89.1 Å². The number of nitrogens with zero attached hydrogens (tertiary/aromatic N) is 2. The van der Waals surface area contributed by atoms with E-state index in [0.717, 1.165) is 30.7 Å². The number of carbonyl (C=O) groups is 1. The van der Waals surface area contributed by atoms with Crippen molar-refractivity contribution in [2.24, 2.45) is 0 Å². The Hall–Kier alpha value is -3.34. The smallest absolute Gasteiger partial charge is 0.254 e. The van der Waals surface area contributed by atoms with Crippen LogP contribution in [0.25, 0.3) is 0 Å². The zero-order valence-electron chi connectivity index (χ0n) is 16.6. The van der Waals surface area contributed by atoms with Crippen molar-refractivity contribution in [2.75, 3.05) is 25.5 Å². The lowest BCUT2D eigenvalue weighted by Crippen LogP contribution is -2.36. The quantitative estimate of drug-likeness (QED) is 0.696. The third-order valence-corrected chi connectivity index (χ3v) is 5.32. The Morgan fingerprint density at radius 1 is 1.10 bits per heavy atom. The van der Waals surface area contributed by atoms with Crippen LogP contribution in [-0.4, -0.2) is 36.0 Å². The number of amides is 1. The van der Waals surface area contributed by atoms with Crippen molar-refractivity contribution in [2.45, 2.75) is 19.4 Å². The minimum absolute atomic E-state index is 0.0506. The zero-order valence-corrected chi connectivity index (χ0v) is 16.6. The number of benzene rings is 2. The number of anilines is 1. The molecule has 2 aromatic carbocycles. The number of fused-ring (bicyclic) bond motifs is 1. The Bertz CT molecular complexity index is 1000. The van der Waals surface area contributed by atoms with E-state index in [4.69, 9.17) is 4.74 Å². The van der Waals surface area contributed by atoms with Crippen molar-refractivity contribution in [1.82, 2.24) is 9.88 Å². The highest BCUT2D eigenvalue weighted by molar-refractivity contribution is 5.95. The normalized spacial score (nSPS) is 12.9. The van der Waals surface area contributed by atoms with E-state index in [1.807, 2.05) is 35.2 Å². The number of pyridine rings is 1. The summed E-state index contributed by atoms with van der Waals surface area (Å²) in [4.78, 5) is 19.3. The molecular formula is C24H25N3O2. The number of hydrogen-bond donors (Lipinski definition) is 1. The summed E-state index contributed by atoms with van der Waals surface area (Å²) >= 11 is 0. The summed E-state index contributed by atoms with van der Waals surface area (Å²) in [7, 11) is 1.68. The fourth-order valence-corrected chi connectivity index (χ4v) is 3.75. The first-order valence-electron chi connectivity index (χ1n) is 9.92. The number of ether oxygens (including phenoxy) is 1. The summed E-state index contributed by atoms with van der Waals surface area (Å²) in [5.41, 5.74) is 4.38. The average Bonchev–Trinajstić information content (AvgIpc) is 2.79. The first kappa shape index (κ1) is 19.0. The van der Waals surface area contributed by atoms with Gasteiger partial charge in [0.15, 0.2) is 0 Å². The molecule has 0 bridgehead atoms. The van der Waals surface area contributed by atoms with E-state index >= 15 is 0 Å². The van der Waals surface area contributed by atoms with E-state index in [1.54, 1.807) is 19.4 Å². The van der Waals surface area contributed by atoms with Gasteiger partial charge >= 0.3 is 0 Å². The molecule has 0 spiro atoms. The molecule has 5 nitrogen and oxygen atoms in total. The van der Waals surface area contributed by atoms with E-state index in [0.29, 0.717) is 24.5 Å². The maximum Gasteiger partial charge on any atom is 0.254 e. The first-order chi connectivity index (χ1) is 14.2. The summed E-state index contributed by atoms with van der Waals surface area (Å²) < 4.78 is 5.40. The number of para-hydroxylation sites is 1. The summed E-state index contributed by atoms with van der Waals surface area (Å²) in [5, 5.41) is 3.32. The number of carbonyl (C=O) groups excluding carboxylic acids is 1. The van der Waals surface area contributed by atoms with E-state index < -0.39 is 0 Å². The highest BCUT2D eigenvalue weighted by Crippen LogP contribution is 2.21. The summed E-state index contributed by atoms with van der Waals surface area (Å²) in [6.07, 6.45) is 3.40. The summed E-state index contributed by atoms with van der Waals surface area (Å²) in [5.74, 6) is 1.65. The number of rotatable bonds is 6. The van der Waals surface area contributed by atoms with Gasteiger partial charge in [0.25, 0.3) is 5.91 Å². The van der Waals surface area contributed by atoms with E-state index in [-0.39, 0.29) is 5.91 Å². The molecule has 3 aromatic rings. The highest BCUT2D eigenvalue weighted by atomic mass is 16.5. The Morgan fingerprint density at radius 2 is 1.90 bits per heavy atom. The molecule has 1 aromatic heterocycles. The van der Waals surface area contributed by atoms with Gasteiger partial charge in [-0.2, -0.15) is 0 Å². The third-order valence-electron chi connectivity index (χ3n) is 5.32. The molecule has 1 N–H and O–H groups in total. The summed E-state index contributed by atoms with van der Waals surface area (Å²) in [6, 6.07) is 20.0. The van der Waals surface area contributed by atoms with Crippen molar-refractivity contribution >= 4 is 11.7 Å². The van der Waals surface area contributed by atoms with Crippen LogP contribution in [0.1, 0.15) is 27.0 Å². The van der Waals surface area contributed by atoms with Crippen LogP contribution in [0.15, 0.2) is 66.9 Å². The lowest BCUT2D eigenvalue weighted by Gasteiger charge is -2.29. The van der Waals surface area contributed by atoms with Crippen molar-refractivity contribution in [3.63, 3.8) is 0 Å². The van der Waals surface area contributed by atoms with Gasteiger partial charge in [0.2, 0.25) is 0 Å². The fraction of sp³-hybridized carbons (Fsp3) is 0.250. The van der Waals surface area contributed by atoms with Gasteiger partial charge in [0.05, 0.1) is 7.11 Å². The number of nitrogens with one attached hydrogen (secondary N) is 1. The van der Waals surface area contributed by atoms with Gasteiger partial charge in [-0.1, -0.05) is 42.5 Å². The van der Waals surface area contributed by atoms with Crippen molar-refractivity contribution in [3.8, 4) is 5.75 Å². The van der Waals surface area contributed by atoms with Crippen LogP contribution in [-0.2, 0) is 19.4 Å². The molecule has 0 unspecified atom stereocenters. The number of hydrogen-bond acceptors (Lipinski definition) is 4. The lowest BCUT2D eigenvalue weighted by atomic mass is 9.99. The Balaban J connectivity index is 1.39. The van der Waals surface area contributed by atoms with Gasteiger partial charge in [-0.05, 0) is 47.7 Å². The van der Waals surface area contributed by atoms with Crippen LogP contribution < -0.4 is 10.1 Å². The first-order valence-corrected chi connectivity index (χ1v) is 9.92. The maximum absolute atomic E-state index is 13.0. The Kier molecular flexibility index (Phi) is 5.75. The molecule has 2 heterocycles. The van der Waals surface area contributed by atoms with Gasteiger partial charge in [0, 0.05) is 31.4 Å². The van der Waals surface area contributed by atoms with Gasteiger partial charge in [-0.15, -0.1) is 0 Å². The van der Waals surface area contributed by atoms with E-state index in [2.05, 4.69) is 34.6 Å². The van der Waals surface area contributed by atoms with E-state index in [1.165, 1.54) is 11.1 Å². The van der Waals surface area contributed by atoms with Crippen LogP contribution in [0.2, 0.25) is 0 Å². The molecule has 1 aliphatic rings. The minimum atomic E-state index is 0.0506. The molecule has 0 atom stereocenters. The standard InChI is InChI=1S/C24H25N3O2/c1-29-22-9-5-4-7-19(22)10-13-25-23-16-20(11-14-26-23)24(28)27-15-12-18-6-2-3-8-21(18)17-27/h2-9,11,14,16H,10,12-13,15,17H2,1H3,(H,25,26). The van der Waals surface area contributed by atoms with Gasteiger partial charge in [-0.25, -0.2) is 4.98 Å². The van der Waals surface area contributed by atoms with Crippen LogP contribution in [0.3, 0.4) is 0 Å².